The number of nitrogens with one attached hydrogen (secondary N) is 1. The highest BCUT2D eigenvalue weighted by molar-refractivity contribution is 5.90. The van der Waals surface area contributed by atoms with Crippen molar-refractivity contribution in [1.82, 2.24) is 5.32 Å². The number of hydrogen-bond acceptors (Lipinski definition) is 4. The number of ether oxygens (including phenoxy) is 1. The molecule has 0 aromatic heterocycles. The summed E-state index contributed by atoms with van der Waals surface area (Å²) in [5.74, 6) is -0.719. The van der Waals surface area contributed by atoms with Gasteiger partial charge in [0.05, 0.1) is 37.6 Å². The van der Waals surface area contributed by atoms with Gasteiger partial charge < -0.3 is 15.0 Å². The highest BCUT2D eigenvalue weighted by atomic mass is 19.1. The maximum Gasteiger partial charge on any atom is 0.414 e. The monoisotopic (exact) mass is 325 g/mol. The average molecular weight is 325 g/mol. The van der Waals surface area contributed by atoms with Gasteiger partial charge in [0, 0.05) is 6.92 Å². The summed E-state index contributed by atoms with van der Waals surface area (Å²) < 4.78 is 32.2. The molecule has 2 amide bonds. The van der Waals surface area contributed by atoms with Crippen molar-refractivity contribution >= 4 is 23.4 Å². The summed E-state index contributed by atoms with van der Waals surface area (Å²) in [6.45, 7) is 2.18. The Balaban J connectivity index is 1.68. The van der Waals surface area contributed by atoms with Crippen LogP contribution in [0.5, 0.6) is 0 Å². The SMILES string of the molecule is CC(=O)NC[C@H]1CN(c2ccc(N3CC(F)C3)c(F)c2)C(=O)O1. The molecule has 0 unspecified atom stereocenters. The van der Waals surface area contributed by atoms with Crippen LogP contribution in [-0.4, -0.2) is 50.5 Å². The number of hydrogen-bond donors (Lipinski definition) is 1. The van der Waals surface area contributed by atoms with Crippen molar-refractivity contribution < 1.29 is 23.1 Å². The Hall–Kier alpha value is -2.38. The van der Waals surface area contributed by atoms with Crippen molar-refractivity contribution in [3.05, 3.63) is 24.0 Å². The van der Waals surface area contributed by atoms with Gasteiger partial charge in [-0.1, -0.05) is 0 Å². The lowest BCUT2D eigenvalue weighted by molar-refractivity contribution is -0.119. The number of halogens is 2. The van der Waals surface area contributed by atoms with E-state index in [0.717, 1.165) is 0 Å². The third-order valence-electron chi connectivity index (χ3n) is 3.87. The van der Waals surface area contributed by atoms with Crippen molar-refractivity contribution in [2.45, 2.75) is 19.2 Å². The Labute approximate surface area is 132 Å². The van der Waals surface area contributed by atoms with E-state index in [2.05, 4.69) is 5.32 Å². The van der Waals surface area contributed by atoms with Crippen molar-refractivity contribution in [3.8, 4) is 0 Å². The molecule has 2 saturated heterocycles. The summed E-state index contributed by atoms with van der Waals surface area (Å²) in [6.07, 6.45) is -1.98. The minimum atomic E-state index is -0.919. The lowest BCUT2D eigenvalue weighted by Gasteiger charge is -2.36. The molecule has 2 aliphatic rings. The highest BCUT2D eigenvalue weighted by Gasteiger charge is 2.33. The molecule has 1 atom stereocenters. The summed E-state index contributed by atoms with van der Waals surface area (Å²) in [5, 5.41) is 2.58. The van der Waals surface area contributed by atoms with Gasteiger partial charge in [0.15, 0.2) is 0 Å². The van der Waals surface area contributed by atoms with Crippen molar-refractivity contribution in [2.24, 2.45) is 0 Å². The Morgan fingerprint density at radius 2 is 2.13 bits per heavy atom. The fourth-order valence-corrected chi connectivity index (χ4v) is 2.64. The molecule has 2 fully saturated rings. The number of carbonyl (C=O) groups excluding carboxylic acids is 2. The summed E-state index contributed by atoms with van der Waals surface area (Å²) in [4.78, 5) is 25.7. The number of carbonyl (C=O) groups is 2. The molecule has 0 spiro atoms. The molecule has 0 radical (unpaired) electrons. The summed E-state index contributed by atoms with van der Waals surface area (Å²) in [5.41, 5.74) is 0.698. The molecular weight excluding hydrogens is 308 g/mol. The first kappa shape index (κ1) is 15.5. The van der Waals surface area contributed by atoms with Crippen LogP contribution >= 0.6 is 0 Å². The fourth-order valence-electron chi connectivity index (χ4n) is 2.64. The summed E-state index contributed by atoms with van der Waals surface area (Å²) >= 11 is 0. The molecule has 0 bridgehead atoms. The van der Waals surface area contributed by atoms with Crippen LogP contribution in [0.15, 0.2) is 18.2 Å². The number of alkyl halides is 1. The van der Waals surface area contributed by atoms with Crippen LogP contribution < -0.4 is 15.1 Å². The van der Waals surface area contributed by atoms with Crippen molar-refractivity contribution in [3.63, 3.8) is 0 Å². The molecule has 2 aliphatic heterocycles. The van der Waals surface area contributed by atoms with Crippen molar-refractivity contribution in [2.75, 3.05) is 36.0 Å². The van der Waals surface area contributed by atoms with E-state index < -0.39 is 24.2 Å². The van der Waals surface area contributed by atoms with Crippen LogP contribution in [0.4, 0.5) is 25.0 Å². The van der Waals surface area contributed by atoms with Crippen LogP contribution in [0.3, 0.4) is 0 Å². The van der Waals surface area contributed by atoms with Gasteiger partial charge in [-0.05, 0) is 18.2 Å². The van der Waals surface area contributed by atoms with E-state index in [1.54, 1.807) is 11.0 Å². The summed E-state index contributed by atoms with van der Waals surface area (Å²) in [7, 11) is 0. The first-order chi connectivity index (χ1) is 10.9. The number of cyclic esters (lactones) is 1. The second-order valence-corrected chi connectivity index (χ2v) is 5.69. The first-order valence-corrected chi connectivity index (χ1v) is 7.35. The topological polar surface area (TPSA) is 61.9 Å². The van der Waals surface area contributed by atoms with E-state index in [1.165, 1.54) is 24.0 Å². The Bertz CT molecular complexity index is 634. The number of anilines is 2. The first-order valence-electron chi connectivity index (χ1n) is 7.35. The second-order valence-electron chi connectivity index (χ2n) is 5.69. The van der Waals surface area contributed by atoms with Crippen molar-refractivity contribution in [1.29, 1.82) is 0 Å². The fraction of sp³-hybridized carbons (Fsp3) is 0.467. The van der Waals surface area contributed by atoms with Gasteiger partial charge in [0.25, 0.3) is 0 Å². The average Bonchev–Trinajstić information content (AvgIpc) is 2.83. The number of rotatable bonds is 4. The van der Waals surface area contributed by atoms with Crippen LogP contribution in [0.2, 0.25) is 0 Å². The molecule has 0 aliphatic carbocycles. The maximum absolute atomic E-state index is 14.2. The zero-order valence-corrected chi connectivity index (χ0v) is 12.6. The van der Waals surface area contributed by atoms with Gasteiger partial charge >= 0.3 is 6.09 Å². The van der Waals surface area contributed by atoms with Crippen LogP contribution in [0.25, 0.3) is 0 Å². The lowest BCUT2D eigenvalue weighted by Crippen LogP contribution is -2.48. The molecule has 1 aromatic rings. The zero-order chi connectivity index (χ0) is 16.6. The molecule has 6 nitrogen and oxygen atoms in total. The van der Waals surface area contributed by atoms with Gasteiger partial charge in [-0.3, -0.25) is 9.69 Å². The number of benzene rings is 1. The molecule has 2 heterocycles. The van der Waals surface area contributed by atoms with Crippen LogP contribution in [0, 0.1) is 5.82 Å². The highest BCUT2D eigenvalue weighted by Crippen LogP contribution is 2.30. The normalized spacial score (nSPS) is 21.2. The van der Waals surface area contributed by atoms with Crippen LogP contribution in [-0.2, 0) is 9.53 Å². The van der Waals surface area contributed by atoms with E-state index in [1.807, 2.05) is 0 Å². The minimum absolute atomic E-state index is 0.181. The largest absolute Gasteiger partial charge is 0.442 e. The number of amides is 2. The third-order valence-corrected chi connectivity index (χ3v) is 3.87. The lowest BCUT2D eigenvalue weighted by atomic mass is 10.1. The predicted molar refractivity (Wildman–Crippen MR) is 79.8 cm³/mol. The Morgan fingerprint density at radius 3 is 2.74 bits per heavy atom. The minimum Gasteiger partial charge on any atom is -0.442 e. The molecular formula is C15H17F2N3O3. The summed E-state index contributed by atoms with van der Waals surface area (Å²) in [6, 6.07) is 4.37. The molecule has 0 saturated carbocycles. The predicted octanol–water partition coefficient (Wildman–Crippen LogP) is 1.45. The molecule has 1 aromatic carbocycles. The molecule has 3 rings (SSSR count). The third kappa shape index (κ3) is 3.20. The zero-order valence-electron chi connectivity index (χ0n) is 12.6. The maximum atomic E-state index is 14.2. The molecule has 1 N–H and O–H groups in total. The Morgan fingerprint density at radius 1 is 1.39 bits per heavy atom. The van der Waals surface area contributed by atoms with E-state index in [0.29, 0.717) is 11.4 Å². The van der Waals surface area contributed by atoms with Crippen LogP contribution in [0.1, 0.15) is 6.92 Å². The molecule has 124 valence electrons. The second kappa shape index (κ2) is 6.02. The quantitative estimate of drug-likeness (QED) is 0.910. The van der Waals surface area contributed by atoms with Gasteiger partial charge in [0.1, 0.15) is 18.1 Å². The smallest absolute Gasteiger partial charge is 0.414 e. The van der Waals surface area contributed by atoms with Gasteiger partial charge in [-0.15, -0.1) is 0 Å². The van der Waals surface area contributed by atoms with E-state index in [-0.39, 0.29) is 32.1 Å². The van der Waals surface area contributed by atoms with Gasteiger partial charge in [-0.25, -0.2) is 13.6 Å². The molecule has 8 heteroatoms. The standard InChI is InChI=1S/C15H17F2N3O3/c1-9(21)18-5-12-8-20(15(22)23-12)11-2-3-14(13(17)4-11)19-6-10(16)7-19/h2-4,10,12H,5-8H2,1H3,(H,18,21)/t12-/m0/s1. The van der Waals surface area contributed by atoms with E-state index in [4.69, 9.17) is 4.74 Å². The molecule has 23 heavy (non-hydrogen) atoms. The van der Waals surface area contributed by atoms with E-state index >= 15 is 0 Å². The van der Waals surface area contributed by atoms with E-state index in [9.17, 15) is 18.4 Å². The Kier molecular flexibility index (Phi) is 4.06. The number of nitrogens with zero attached hydrogens (tertiary/aromatic N) is 2. The van der Waals surface area contributed by atoms with Gasteiger partial charge in [-0.2, -0.15) is 0 Å². The van der Waals surface area contributed by atoms with Gasteiger partial charge in [0.2, 0.25) is 5.91 Å².